The molecule has 0 aliphatic heterocycles. The average molecular weight is 281 g/mol. The van der Waals surface area contributed by atoms with E-state index >= 15 is 0 Å². The molecule has 0 aliphatic rings. The van der Waals surface area contributed by atoms with E-state index < -0.39 is 0 Å². The minimum Gasteiger partial charge on any atom is -0.342 e. The molecule has 0 bridgehead atoms. The van der Waals surface area contributed by atoms with Gasteiger partial charge in [-0.3, -0.25) is 0 Å². The predicted molar refractivity (Wildman–Crippen MR) is 90.5 cm³/mol. The van der Waals surface area contributed by atoms with Crippen molar-refractivity contribution in [3.05, 3.63) is 13.8 Å². The van der Waals surface area contributed by atoms with Crippen LogP contribution in [-0.4, -0.2) is 73.1 Å². The quantitative estimate of drug-likeness (QED) is 0.446. The fraction of sp³-hybridized carbons (Fsp3) is 0.875. The zero-order valence-electron chi connectivity index (χ0n) is 14.1. The zero-order valence-corrected chi connectivity index (χ0v) is 15.5. The van der Waals surface area contributed by atoms with Gasteiger partial charge in [-0.2, -0.15) is 12.8 Å². The van der Waals surface area contributed by atoms with Crippen molar-refractivity contribution in [3.63, 3.8) is 0 Å². The maximum Gasteiger partial charge on any atom is 2.00 e. The second kappa shape index (κ2) is 21.0. The van der Waals surface area contributed by atoms with E-state index in [1.807, 2.05) is 0 Å². The van der Waals surface area contributed by atoms with Gasteiger partial charge in [-0.1, -0.05) is 26.7 Å². The molecule has 0 unspecified atom stereocenters. The van der Waals surface area contributed by atoms with Crippen LogP contribution in [-0.2, 0) is 0 Å². The van der Waals surface area contributed by atoms with Crippen molar-refractivity contribution in [2.45, 2.75) is 52.4 Å². The van der Waals surface area contributed by atoms with Gasteiger partial charge >= 0.3 is 23.1 Å². The van der Waals surface area contributed by atoms with E-state index in [0.717, 1.165) is 25.9 Å². The van der Waals surface area contributed by atoms with Gasteiger partial charge in [-0.25, -0.2) is 0 Å². The van der Waals surface area contributed by atoms with Crippen molar-refractivity contribution in [3.8, 4) is 0 Å². The normalized spacial score (nSPS) is 10.1. The molecule has 0 fully saturated rings. The minimum atomic E-state index is 0. The minimum absolute atomic E-state index is 0. The second-order valence-electron chi connectivity index (χ2n) is 5.02. The van der Waals surface area contributed by atoms with Gasteiger partial charge in [0.2, 0.25) is 0 Å². The maximum atomic E-state index is 3.79. The van der Waals surface area contributed by atoms with Crippen LogP contribution in [0.25, 0.3) is 0 Å². The van der Waals surface area contributed by atoms with Gasteiger partial charge in [0.05, 0.1) is 0 Å². The van der Waals surface area contributed by atoms with Gasteiger partial charge in [0.15, 0.2) is 0 Å². The molecule has 2 nitrogen and oxygen atoms in total. The Morgan fingerprint density at radius 1 is 0.684 bits per heavy atom. The predicted octanol–water partition coefficient (Wildman–Crippen LogP) is 3.50. The molecular weight excluding hydrogens is 244 g/mol. The molecular formula is C16H36MgN2. The van der Waals surface area contributed by atoms with Crippen molar-refractivity contribution in [1.29, 1.82) is 0 Å². The largest absolute Gasteiger partial charge is 2.00 e. The Balaban J connectivity index is -0.000000256. The zero-order chi connectivity index (χ0) is 14.2. The summed E-state index contributed by atoms with van der Waals surface area (Å²) in [5.74, 6) is 0. The first-order valence-electron chi connectivity index (χ1n) is 7.57. The molecule has 0 aliphatic carbocycles. The summed E-state index contributed by atoms with van der Waals surface area (Å²) in [6, 6.07) is 0. The summed E-state index contributed by atoms with van der Waals surface area (Å²) >= 11 is 0. The van der Waals surface area contributed by atoms with Crippen molar-refractivity contribution < 1.29 is 0 Å². The van der Waals surface area contributed by atoms with E-state index in [9.17, 15) is 0 Å². The third-order valence-electron chi connectivity index (χ3n) is 2.87. The fourth-order valence-corrected chi connectivity index (χ4v) is 1.62. The van der Waals surface area contributed by atoms with Gasteiger partial charge in [0, 0.05) is 0 Å². The molecule has 0 amide bonds. The van der Waals surface area contributed by atoms with Crippen LogP contribution in [0.2, 0.25) is 0 Å². The molecule has 0 rings (SSSR count). The van der Waals surface area contributed by atoms with E-state index in [-0.39, 0.29) is 23.1 Å². The standard InChI is InChI=1S/2C8H18N.Mg/c2*1-4-6-8-9(3)7-5-2;/h2*2,4-8H2,1,3H3;/q2*-1;+2. The van der Waals surface area contributed by atoms with Gasteiger partial charge in [-0.15, -0.1) is 0 Å². The summed E-state index contributed by atoms with van der Waals surface area (Å²) in [6.45, 7) is 16.8. The molecule has 0 N–H and O–H groups in total. The Kier molecular flexibility index (Phi) is 27.3. The van der Waals surface area contributed by atoms with Crippen LogP contribution in [0.4, 0.5) is 0 Å². The molecule has 0 aromatic rings. The third kappa shape index (κ3) is 24.1. The molecule has 3 heteroatoms. The fourth-order valence-electron chi connectivity index (χ4n) is 1.62. The number of rotatable bonds is 10. The molecule has 0 radical (unpaired) electrons. The molecule has 0 aromatic heterocycles. The molecule has 19 heavy (non-hydrogen) atoms. The molecule has 0 saturated carbocycles. The van der Waals surface area contributed by atoms with Gasteiger partial charge < -0.3 is 23.6 Å². The van der Waals surface area contributed by atoms with Crippen LogP contribution in [0, 0.1) is 13.8 Å². The first-order chi connectivity index (χ1) is 8.62. The van der Waals surface area contributed by atoms with Crippen molar-refractivity contribution in [2.24, 2.45) is 0 Å². The SMILES string of the molecule is [CH2-]CCN(C)CCCC.[CH2-]CCN(C)CCCC.[Mg+2]. The van der Waals surface area contributed by atoms with Crippen LogP contribution in [0.1, 0.15) is 52.4 Å². The first-order valence-corrected chi connectivity index (χ1v) is 7.57. The van der Waals surface area contributed by atoms with Crippen LogP contribution in [0.15, 0.2) is 0 Å². The number of unbranched alkanes of at least 4 members (excludes halogenated alkanes) is 2. The summed E-state index contributed by atoms with van der Waals surface area (Å²) in [4.78, 5) is 4.66. The number of hydrogen-bond donors (Lipinski definition) is 0. The molecule has 112 valence electrons. The molecule has 0 spiro atoms. The van der Waals surface area contributed by atoms with Crippen molar-refractivity contribution in [1.82, 2.24) is 9.80 Å². The van der Waals surface area contributed by atoms with E-state index in [4.69, 9.17) is 0 Å². The molecule has 0 atom stereocenters. The Labute approximate surface area is 139 Å². The van der Waals surface area contributed by atoms with Gasteiger partial charge in [-0.05, 0) is 53.1 Å². The molecule has 0 aromatic carbocycles. The van der Waals surface area contributed by atoms with E-state index in [1.165, 1.54) is 38.8 Å². The van der Waals surface area contributed by atoms with E-state index in [1.54, 1.807) is 0 Å². The second-order valence-corrected chi connectivity index (χ2v) is 5.02. The summed E-state index contributed by atoms with van der Waals surface area (Å²) in [5, 5.41) is 0. The van der Waals surface area contributed by atoms with Gasteiger partial charge in [0.1, 0.15) is 0 Å². The topological polar surface area (TPSA) is 6.48 Å². The summed E-state index contributed by atoms with van der Waals surface area (Å²) in [5.41, 5.74) is 0. The third-order valence-corrected chi connectivity index (χ3v) is 2.87. The van der Waals surface area contributed by atoms with Crippen LogP contribution in [0.3, 0.4) is 0 Å². The Hall–Kier alpha value is 0.686. The average Bonchev–Trinajstić information content (AvgIpc) is 2.35. The summed E-state index contributed by atoms with van der Waals surface area (Å²) in [6.07, 6.45) is 7.27. The van der Waals surface area contributed by atoms with E-state index in [2.05, 4.69) is 51.6 Å². The number of nitrogens with zero attached hydrogens (tertiary/aromatic N) is 2. The monoisotopic (exact) mass is 280 g/mol. The van der Waals surface area contributed by atoms with Gasteiger partial charge in [0.25, 0.3) is 0 Å². The van der Waals surface area contributed by atoms with E-state index in [0.29, 0.717) is 0 Å². The number of hydrogen-bond acceptors (Lipinski definition) is 2. The smallest absolute Gasteiger partial charge is 0.342 e. The van der Waals surface area contributed by atoms with Crippen molar-refractivity contribution >= 4 is 23.1 Å². The summed E-state index contributed by atoms with van der Waals surface area (Å²) in [7, 11) is 4.31. The van der Waals surface area contributed by atoms with Crippen LogP contribution >= 0.6 is 0 Å². The Bertz CT molecular complexity index is 127. The van der Waals surface area contributed by atoms with Crippen molar-refractivity contribution in [2.75, 3.05) is 40.3 Å². The molecule has 0 saturated heterocycles. The van der Waals surface area contributed by atoms with Crippen LogP contribution < -0.4 is 0 Å². The summed E-state index contributed by atoms with van der Waals surface area (Å²) < 4.78 is 0. The maximum absolute atomic E-state index is 3.79. The Morgan fingerprint density at radius 3 is 1.21 bits per heavy atom. The molecule has 0 heterocycles. The Morgan fingerprint density at radius 2 is 1.00 bits per heavy atom. The first kappa shape index (κ1) is 24.7. The van der Waals surface area contributed by atoms with Crippen LogP contribution in [0.5, 0.6) is 0 Å².